The first-order chi connectivity index (χ1) is 7.51. The van der Waals surface area contributed by atoms with Crippen molar-refractivity contribution < 1.29 is 19.1 Å². The van der Waals surface area contributed by atoms with Crippen LogP contribution in [0.2, 0.25) is 0 Å². The first kappa shape index (κ1) is 14.8. The highest BCUT2D eigenvalue weighted by Crippen LogP contribution is 2.01. The summed E-state index contributed by atoms with van der Waals surface area (Å²) in [7, 11) is 0. The second-order valence-corrected chi connectivity index (χ2v) is 3.58. The van der Waals surface area contributed by atoms with Crippen LogP contribution in [0.1, 0.15) is 46.0 Å². The molecule has 5 nitrogen and oxygen atoms in total. The van der Waals surface area contributed by atoms with E-state index in [4.69, 9.17) is 5.73 Å². The third-order valence-electron chi connectivity index (χ3n) is 2.11. The van der Waals surface area contributed by atoms with Crippen molar-refractivity contribution in [3.05, 3.63) is 0 Å². The molecule has 0 aromatic carbocycles. The van der Waals surface area contributed by atoms with Gasteiger partial charge in [-0.05, 0) is 12.8 Å². The number of carbonyl (C=O) groups is 3. The maximum Gasteiger partial charge on any atom is 0.313 e. The van der Waals surface area contributed by atoms with Crippen LogP contribution in [0.15, 0.2) is 0 Å². The lowest BCUT2D eigenvalue weighted by atomic mass is 10.1. The predicted molar refractivity (Wildman–Crippen MR) is 58.5 cm³/mol. The molecular formula is C11H19NO4. The van der Waals surface area contributed by atoms with Crippen LogP contribution in [-0.4, -0.2) is 23.8 Å². The summed E-state index contributed by atoms with van der Waals surface area (Å²) in [6.45, 7) is 3.61. The van der Waals surface area contributed by atoms with Gasteiger partial charge in [-0.1, -0.05) is 13.8 Å². The van der Waals surface area contributed by atoms with E-state index in [1.165, 1.54) is 0 Å². The van der Waals surface area contributed by atoms with E-state index in [-0.39, 0.29) is 25.0 Å². The summed E-state index contributed by atoms with van der Waals surface area (Å²) in [6.07, 6.45) is 1.35. The van der Waals surface area contributed by atoms with E-state index in [9.17, 15) is 14.4 Å². The SMILES string of the molecule is CCCC(=O)OC(=O)CCC(=O)C(N)CC. The molecule has 5 heteroatoms. The average Bonchev–Trinajstić information content (AvgIpc) is 2.24. The first-order valence-corrected chi connectivity index (χ1v) is 5.53. The molecule has 16 heavy (non-hydrogen) atoms. The van der Waals surface area contributed by atoms with Crippen LogP contribution in [-0.2, 0) is 19.1 Å². The summed E-state index contributed by atoms with van der Waals surface area (Å²) >= 11 is 0. The fraction of sp³-hybridized carbons (Fsp3) is 0.727. The van der Waals surface area contributed by atoms with Crippen molar-refractivity contribution >= 4 is 17.7 Å². The molecule has 1 atom stereocenters. The molecule has 0 aliphatic carbocycles. The Morgan fingerprint density at radius 1 is 1.06 bits per heavy atom. The van der Waals surface area contributed by atoms with Gasteiger partial charge in [0.05, 0.1) is 12.5 Å². The van der Waals surface area contributed by atoms with Gasteiger partial charge in [0.1, 0.15) is 5.78 Å². The number of nitrogens with two attached hydrogens (primary N) is 1. The zero-order valence-corrected chi connectivity index (χ0v) is 9.82. The molecule has 0 aromatic heterocycles. The van der Waals surface area contributed by atoms with Crippen molar-refractivity contribution in [2.24, 2.45) is 5.73 Å². The van der Waals surface area contributed by atoms with Gasteiger partial charge in [-0.25, -0.2) is 0 Å². The highest BCUT2D eigenvalue weighted by molar-refractivity contribution is 5.90. The van der Waals surface area contributed by atoms with Crippen molar-refractivity contribution in [3.63, 3.8) is 0 Å². The zero-order chi connectivity index (χ0) is 12.6. The predicted octanol–water partition coefficient (Wildman–Crippen LogP) is 0.943. The van der Waals surface area contributed by atoms with Crippen molar-refractivity contribution in [1.29, 1.82) is 0 Å². The molecule has 0 spiro atoms. The Morgan fingerprint density at radius 3 is 2.12 bits per heavy atom. The number of rotatable bonds is 7. The Labute approximate surface area is 95.3 Å². The van der Waals surface area contributed by atoms with Crippen LogP contribution >= 0.6 is 0 Å². The summed E-state index contributed by atoms with van der Waals surface area (Å²) in [6, 6.07) is -0.529. The lowest BCUT2D eigenvalue weighted by Gasteiger charge is -2.06. The van der Waals surface area contributed by atoms with Crippen LogP contribution in [0.3, 0.4) is 0 Å². The van der Waals surface area contributed by atoms with Crippen molar-refractivity contribution in [3.8, 4) is 0 Å². The molecule has 0 rings (SSSR count). The minimum Gasteiger partial charge on any atom is -0.393 e. The normalized spacial score (nSPS) is 11.9. The van der Waals surface area contributed by atoms with Crippen LogP contribution in [0.25, 0.3) is 0 Å². The second-order valence-electron chi connectivity index (χ2n) is 3.58. The molecule has 0 aliphatic rings. The summed E-state index contributed by atoms with van der Waals surface area (Å²) in [5.41, 5.74) is 5.48. The summed E-state index contributed by atoms with van der Waals surface area (Å²) in [5.74, 6) is -1.38. The maximum absolute atomic E-state index is 11.3. The number of Topliss-reactive ketones (excluding diaryl/α,β-unsaturated/α-hetero) is 1. The molecule has 0 radical (unpaired) electrons. The van der Waals surface area contributed by atoms with E-state index >= 15 is 0 Å². The minimum absolute atomic E-state index is 0.0350. The molecule has 0 amide bonds. The second kappa shape index (κ2) is 7.98. The average molecular weight is 229 g/mol. The molecule has 0 fully saturated rings. The zero-order valence-electron chi connectivity index (χ0n) is 9.82. The number of ether oxygens (including phenoxy) is 1. The van der Waals surface area contributed by atoms with Gasteiger partial charge in [0.2, 0.25) is 0 Å². The lowest BCUT2D eigenvalue weighted by Crippen LogP contribution is -2.30. The smallest absolute Gasteiger partial charge is 0.313 e. The molecule has 0 saturated carbocycles. The summed E-state index contributed by atoms with van der Waals surface area (Å²) in [4.78, 5) is 33.3. The Kier molecular flexibility index (Phi) is 7.37. The van der Waals surface area contributed by atoms with Gasteiger partial charge in [-0.15, -0.1) is 0 Å². The van der Waals surface area contributed by atoms with Crippen LogP contribution in [0.5, 0.6) is 0 Å². The first-order valence-electron chi connectivity index (χ1n) is 5.53. The maximum atomic E-state index is 11.3. The van der Waals surface area contributed by atoms with Crippen LogP contribution in [0.4, 0.5) is 0 Å². The van der Waals surface area contributed by atoms with E-state index in [1.54, 1.807) is 6.92 Å². The molecule has 2 N–H and O–H groups in total. The number of hydrogen-bond acceptors (Lipinski definition) is 5. The summed E-state index contributed by atoms with van der Waals surface area (Å²) < 4.78 is 4.48. The van der Waals surface area contributed by atoms with Crippen molar-refractivity contribution in [1.82, 2.24) is 0 Å². The van der Waals surface area contributed by atoms with Gasteiger partial charge < -0.3 is 10.5 Å². The van der Waals surface area contributed by atoms with E-state index in [0.717, 1.165) is 0 Å². The third-order valence-corrected chi connectivity index (χ3v) is 2.11. The molecule has 0 bridgehead atoms. The monoisotopic (exact) mass is 229 g/mol. The number of hydrogen-bond donors (Lipinski definition) is 1. The van der Waals surface area contributed by atoms with Gasteiger partial charge >= 0.3 is 11.9 Å². The lowest BCUT2D eigenvalue weighted by molar-refractivity contribution is -0.160. The number of ketones is 1. The van der Waals surface area contributed by atoms with Crippen molar-refractivity contribution in [2.45, 2.75) is 52.0 Å². The third kappa shape index (κ3) is 6.29. The molecule has 0 aromatic rings. The Bertz CT molecular complexity index is 263. The molecule has 92 valence electrons. The Hall–Kier alpha value is -1.23. The molecule has 0 saturated heterocycles. The van der Waals surface area contributed by atoms with Gasteiger partial charge in [0, 0.05) is 12.8 Å². The molecular weight excluding hydrogens is 210 g/mol. The minimum atomic E-state index is -0.657. The van der Waals surface area contributed by atoms with E-state index in [0.29, 0.717) is 12.8 Å². The van der Waals surface area contributed by atoms with Gasteiger partial charge in [-0.2, -0.15) is 0 Å². The van der Waals surface area contributed by atoms with Crippen molar-refractivity contribution in [2.75, 3.05) is 0 Å². The molecule has 0 aliphatic heterocycles. The number of carbonyl (C=O) groups excluding carboxylic acids is 3. The largest absolute Gasteiger partial charge is 0.393 e. The standard InChI is InChI=1S/C11H19NO4/c1-3-5-10(14)16-11(15)7-6-9(13)8(12)4-2/h8H,3-7,12H2,1-2H3. The van der Waals surface area contributed by atoms with E-state index in [2.05, 4.69) is 4.74 Å². The summed E-state index contributed by atoms with van der Waals surface area (Å²) in [5, 5.41) is 0. The van der Waals surface area contributed by atoms with Crippen LogP contribution < -0.4 is 5.73 Å². The fourth-order valence-corrected chi connectivity index (χ4v) is 1.07. The Morgan fingerprint density at radius 2 is 1.62 bits per heavy atom. The quantitative estimate of drug-likeness (QED) is 0.518. The van der Waals surface area contributed by atoms with E-state index in [1.807, 2.05) is 6.92 Å². The van der Waals surface area contributed by atoms with E-state index < -0.39 is 18.0 Å². The number of esters is 2. The topological polar surface area (TPSA) is 86.5 Å². The highest BCUT2D eigenvalue weighted by atomic mass is 16.6. The molecule has 1 unspecified atom stereocenters. The highest BCUT2D eigenvalue weighted by Gasteiger charge is 2.15. The van der Waals surface area contributed by atoms with Gasteiger partial charge in [0.25, 0.3) is 0 Å². The Balaban J connectivity index is 3.81. The fourth-order valence-electron chi connectivity index (χ4n) is 1.07. The van der Waals surface area contributed by atoms with Crippen LogP contribution in [0, 0.1) is 0 Å². The van der Waals surface area contributed by atoms with Gasteiger partial charge in [-0.3, -0.25) is 14.4 Å². The van der Waals surface area contributed by atoms with Gasteiger partial charge in [0.15, 0.2) is 0 Å². The molecule has 0 heterocycles.